The predicted molar refractivity (Wildman–Crippen MR) is 95.6 cm³/mol. The second-order valence-corrected chi connectivity index (χ2v) is 6.61. The Labute approximate surface area is 144 Å². The molecule has 1 unspecified atom stereocenters. The van der Waals surface area contributed by atoms with Crippen molar-refractivity contribution in [1.82, 2.24) is 15.5 Å². The molecular formula is C19H29N3O2. The van der Waals surface area contributed by atoms with Gasteiger partial charge in [0.1, 0.15) is 0 Å². The van der Waals surface area contributed by atoms with Crippen molar-refractivity contribution < 1.29 is 9.59 Å². The minimum Gasteiger partial charge on any atom is -0.353 e. The summed E-state index contributed by atoms with van der Waals surface area (Å²) in [4.78, 5) is 26.3. The van der Waals surface area contributed by atoms with Crippen LogP contribution in [0.2, 0.25) is 0 Å². The van der Waals surface area contributed by atoms with E-state index in [-0.39, 0.29) is 23.8 Å². The molecule has 132 valence electrons. The fourth-order valence-electron chi connectivity index (χ4n) is 3.07. The fraction of sp³-hybridized carbons (Fsp3) is 0.579. The van der Waals surface area contributed by atoms with Crippen molar-refractivity contribution in [3.63, 3.8) is 0 Å². The van der Waals surface area contributed by atoms with Crippen LogP contribution in [0.5, 0.6) is 0 Å². The smallest absolute Gasteiger partial charge is 0.224 e. The Morgan fingerprint density at radius 3 is 2.50 bits per heavy atom. The molecule has 1 aliphatic rings. The summed E-state index contributed by atoms with van der Waals surface area (Å²) in [6, 6.07) is 10.3. The van der Waals surface area contributed by atoms with Gasteiger partial charge in [-0.25, -0.2) is 0 Å². The monoisotopic (exact) mass is 331 g/mol. The average Bonchev–Trinajstić information content (AvgIpc) is 2.61. The molecule has 5 heteroatoms. The number of nitrogens with zero attached hydrogens (tertiary/aromatic N) is 1. The van der Waals surface area contributed by atoms with Gasteiger partial charge in [0.05, 0.1) is 0 Å². The lowest BCUT2D eigenvalue weighted by Crippen LogP contribution is -2.48. The third kappa shape index (κ3) is 5.64. The van der Waals surface area contributed by atoms with Crippen LogP contribution in [0.3, 0.4) is 0 Å². The van der Waals surface area contributed by atoms with Gasteiger partial charge in [-0.05, 0) is 31.9 Å². The molecule has 0 radical (unpaired) electrons. The van der Waals surface area contributed by atoms with Crippen LogP contribution >= 0.6 is 0 Å². The summed E-state index contributed by atoms with van der Waals surface area (Å²) in [6.07, 6.45) is 3.03. The topological polar surface area (TPSA) is 61.4 Å². The minimum absolute atomic E-state index is 0.0273. The van der Waals surface area contributed by atoms with E-state index >= 15 is 0 Å². The van der Waals surface area contributed by atoms with Crippen molar-refractivity contribution in [3.8, 4) is 0 Å². The standard InChI is InChI=1S/C19H29N3O2/c1-15(14-20-2)19(24)21-17-10-12-22(13-11-17)18(23)9-8-16-6-4-3-5-7-16/h3-7,15,17,20H,8-14H2,1-2H3,(H,21,24). The number of nitrogens with one attached hydrogen (secondary N) is 2. The highest BCUT2D eigenvalue weighted by atomic mass is 16.2. The largest absolute Gasteiger partial charge is 0.353 e. The van der Waals surface area contributed by atoms with E-state index in [1.807, 2.05) is 37.1 Å². The summed E-state index contributed by atoms with van der Waals surface area (Å²) in [6.45, 7) is 4.08. The predicted octanol–water partition coefficient (Wildman–Crippen LogP) is 1.58. The van der Waals surface area contributed by atoms with E-state index in [2.05, 4.69) is 22.8 Å². The zero-order valence-corrected chi connectivity index (χ0v) is 14.8. The molecule has 1 aliphatic heterocycles. The molecule has 0 aliphatic carbocycles. The van der Waals surface area contributed by atoms with E-state index in [9.17, 15) is 9.59 Å². The first kappa shape index (κ1) is 18.5. The number of carbonyl (C=O) groups is 2. The van der Waals surface area contributed by atoms with E-state index < -0.39 is 0 Å². The molecule has 1 aromatic carbocycles. The van der Waals surface area contributed by atoms with Gasteiger partial charge in [0.25, 0.3) is 0 Å². The van der Waals surface area contributed by atoms with Gasteiger partial charge in [-0.3, -0.25) is 9.59 Å². The maximum Gasteiger partial charge on any atom is 0.224 e. The molecule has 1 heterocycles. The quantitative estimate of drug-likeness (QED) is 0.797. The molecule has 0 aromatic heterocycles. The van der Waals surface area contributed by atoms with Gasteiger partial charge >= 0.3 is 0 Å². The molecule has 1 fully saturated rings. The zero-order valence-electron chi connectivity index (χ0n) is 14.8. The number of benzene rings is 1. The van der Waals surface area contributed by atoms with E-state index in [4.69, 9.17) is 0 Å². The highest BCUT2D eigenvalue weighted by Crippen LogP contribution is 2.13. The molecule has 2 amide bonds. The molecule has 0 spiro atoms. The minimum atomic E-state index is -0.0273. The average molecular weight is 331 g/mol. The van der Waals surface area contributed by atoms with Gasteiger partial charge in [-0.15, -0.1) is 0 Å². The molecule has 5 nitrogen and oxygen atoms in total. The van der Waals surface area contributed by atoms with Crippen molar-refractivity contribution in [2.75, 3.05) is 26.7 Å². The maximum absolute atomic E-state index is 12.3. The molecule has 1 aromatic rings. The molecule has 2 rings (SSSR count). The summed E-state index contributed by atoms with van der Waals surface area (Å²) < 4.78 is 0. The van der Waals surface area contributed by atoms with Crippen molar-refractivity contribution >= 4 is 11.8 Å². The number of amides is 2. The lowest BCUT2D eigenvalue weighted by molar-refractivity contribution is -0.132. The van der Waals surface area contributed by atoms with Gasteiger partial charge in [0.15, 0.2) is 0 Å². The van der Waals surface area contributed by atoms with E-state index in [1.165, 1.54) is 5.56 Å². The summed E-state index contributed by atoms with van der Waals surface area (Å²) in [5.74, 6) is 0.283. The van der Waals surface area contributed by atoms with Crippen LogP contribution in [0.25, 0.3) is 0 Å². The van der Waals surface area contributed by atoms with Crippen LogP contribution in [0.1, 0.15) is 31.7 Å². The van der Waals surface area contributed by atoms with Gasteiger partial charge in [-0.2, -0.15) is 0 Å². The van der Waals surface area contributed by atoms with E-state index in [1.54, 1.807) is 0 Å². The molecule has 0 bridgehead atoms. The number of hydrogen-bond donors (Lipinski definition) is 2. The van der Waals surface area contributed by atoms with E-state index in [0.29, 0.717) is 13.0 Å². The van der Waals surface area contributed by atoms with Crippen LogP contribution in [0.4, 0.5) is 0 Å². The Morgan fingerprint density at radius 2 is 1.88 bits per heavy atom. The third-order valence-electron chi connectivity index (χ3n) is 4.62. The zero-order chi connectivity index (χ0) is 17.4. The van der Waals surface area contributed by atoms with Crippen molar-refractivity contribution in [2.45, 2.75) is 38.6 Å². The van der Waals surface area contributed by atoms with Gasteiger partial charge in [0, 0.05) is 38.0 Å². The first-order valence-corrected chi connectivity index (χ1v) is 8.87. The Morgan fingerprint density at radius 1 is 1.21 bits per heavy atom. The summed E-state index contributed by atoms with van der Waals surface area (Å²) in [5.41, 5.74) is 1.20. The Kier molecular flexibility index (Phi) is 7.25. The van der Waals surface area contributed by atoms with Crippen LogP contribution in [0.15, 0.2) is 30.3 Å². The van der Waals surface area contributed by atoms with Crippen molar-refractivity contribution in [3.05, 3.63) is 35.9 Å². The number of hydrogen-bond acceptors (Lipinski definition) is 3. The van der Waals surface area contributed by atoms with Crippen LogP contribution in [-0.4, -0.2) is 49.4 Å². The maximum atomic E-state index is 12.3. The lowest BCUT2D eigenvalue weighted by Gasteiger charge is -2.33. The number of rotatable bonds is 7. The molecule has 1 saturated heterocycles. The summed E-state index contributed by atoms with van der Waals surface area (Å²) >= 11 is 0. The first-order chi connectivity index (χ1) is 11.6. The fourth-order valence-corrected chi connectivity index (χ4v) is 3.07. The lowest BCUT2D eigenvalue weighted by atomic mass is 10.0. The third-order valence-corrected chi connectivity index (χ3v) is 4.62. The molecule has 24 heavy (non-hydrogen) atoms. The molecule has 2 N–H and O–H groups in total. The number of piperidine rings is 1. The molecule has 0 saturated carbocycles. The van der Waals surface area contributed by atoms with Crippen molar-refractivity contribution in [1.29, 1.82) is 0 Å². The van der Waals surface area contributed by atoms with Gasteiger partial charge in [0.2, 0.25) is 11.8 Å². The van der Waals surface area contributed by atoms with Crippen LogP contribution in [0, 0.1) is 5.92 Å². The molecular weight excluding hydrogens is 302 g/mol. The first-order valence-electron chi connectivity index (χ1n) is 8.87. The summed E-state index contributed by atoms with van der Waals surface area (Å²) in [5, 5.41) is 6.13. The van der Waals surface area contributed by atoms with Crippen molar-refractivity contribution in [2.24, 2.45) is 5.92 Å². The SMILES string of the molecule is CNCC(C)C(=O)NC1CCN(C(=O)CCc2ccccc2)CC1. The van der Waals surface area contributed by atoms with E-state index in [0.717, 1.165) is 32.4 Å². The summed E-state index contributed by atoms with van der Waals surface area (Å²) in [7, 11) is 1.85. The Hall–Kier alpha value is -1.88. The second kappa shape index (κ2) is 9.42. The molecule has 1 atom stereocenters. The highest BCUT2D eigenvalue weighted by molar-refractivity contribution is 5.79. The van der Waals surface area contributed by atoms with Gasteiger partial charge < -0.3 is 15.5 Å². The number of aryl methyl sites for hydroxylation is 1. The second-order valence-electron chi connectivity index (χ2n) is 6.61. The Bertz CT molecular complexity index is 525. The van der Waals surface area contributed by atoms with Crippen LogP contribution < -0.4 is 10.6 Å². The highest BCUT2D eigenvalue weighted by Gasteiger charge is 2.24. The number of carbonyl (C=O) groups excluding carboxylic acids is 2. The Balaban J connectivity index is 1.70. The normalized spacial score (nSPS) is 16.7. The number of likely N-dealkylation sites (tertiary alicyclic amines) is 1. The van der Waals surface area contributed by atoms with Gasteiger partial charge in [-0.1, -0.05) is 37.3 Å². The van der Waals surface area contributed by atoms with Crippen LogP contribution in [-0.2, 0) is 16.0 Å².